The zero-order chi connectivity index (χ0) is 39.5. The highest BCUT2D eigenvalue weighted by Crippen LogP contribution is 2.19. The van der Waals surface area contributed by atoms with E-state index in [4.69, 9.17) is 9.47 Å². The van der Waals surface area contributed by atoms with Gasteiger partial charge in [-0.3, -0.25) is 19.2 Å². The van der Waals surface area contributed by atoms with E-state index in [1.165, 1.54) is 96.3 Å². The molecule has 0 unspecified atom stereocenters. The van der Waals surface area contributed by atoms with Gasteiger partial charge in [0.15, 0.2) is 0 Å². The summed E-state index contributed by atoms with van der Waals surface area (Å²) in [6, 6.07) is 0. The molecule has 2 N–H and O–H groups in total. The minimum Gasteiger partial charge on any atom is -0.466 e. The van der Waals surface area contributed by atoms with Crippen molar-refractivity contribution in [3.63, 3.8) is 0 Å². The first-order valence-electron chi connectivity index (χ1n) is 22.7. The van der Waals surface area contributed by atoms with E-state index in [1.54, 1.807) is 7.05 Å². The van der Waals surface area contributed by atoms with Crippen LogP contribution in [0.5, 0.6) is 0 Å². The third-order valence-electron chi connectivity index (χ3n) is 10.6. The van der Waals surface area contributed by atoms with Crippen molar-refractivity contribution in [1.82, 2.24) is 4.90 Å². The molecule has 9 heteroatoms. The highest BCUT2D eigenvalue weighted by Gasteiger charge is 2.19. The summed E-state index contributed by atoms with van der Waals surface area (Å²) in [6.07, 6.45) is 32.0. The van der Waals surface area contributed by atoms with Gasteiger partial charge in [0.2, 0.25) is 0 Å². The smallest absolute Gasteiger partial charge is 0.306 e. The number of hydrogen-bond acceptors (Lipinski definition) is 9. The summed E-state index contributed by atoms with van der Waals surface area (Å²) in [6.45, 7) is 10.6. The number of rotatable bonds is 40. The molecule has 0 aliphatic rings. The molecule has 314 valence electrons. The van der Waals surface area contributed by atoms with E-state index in [-0.39, 0.29) is 18.0 Å². The van der Waals surface area contributed by atoms with Gasteiger partial charge in [-0.1, -0.05) is 130 Å². The van der Waals surface area contributed by atoms with Crippen molar-refractivity contribution in [3.8, 4) is 0 Å². The number of esters is 2. The van der Waals surface area contributed by atoms with Gasteiger partial charge in [-0.05, 0) is 83.8 Å². The Morgan fingerprint density at radius 2 is 0.981 bits per heavy atom. The molecule has 0 atom stereocenters. The second kappa shape index (κ2) is 35.0. The number of carbonyl (C=O) groups excluding carboxylic acids is 2. The summed E-state index contributed by atoms with van der Waals surface area (Å²) in [5.41, 5.74) is -0.0893. The molecule has 0 fully saturated rings. The molecule has 0 saturated carbocycles. The molecular formula is C45H83N3O6. The highest BCUT2D eigenvalue weighted by atomic mass is 16.5. The Morgan fingerprint density at radius 1 is 0.537 bits per heavy atom. The lowest BCUT2D eigenvalue weighted by Gasteiger charge is -2.23. The van der Waals surface area contributed by atoms with Crippen LogP contribution in [0.25, 0.3) is 0 Å². The van der Waals surface area contributed by atoms with E-state index < -0.39 is 10.9 Å². The molecule has 0 aliphatic carbocycles. The molecule has 0 aromatic heterocycles. The van der Waals surface area contributed by atoms with Crippen LogP contribution in [0.15, 0.2) is 9.59 Å². The largest absolute Gasteiger partial charge is 0.466 e. The lowest BCUT2D eigenvalue weighted by molar-refractivity contribution is -0.150. The van der Waals surface area contributed by atoms with Gasteiger partial charge in [-0.25, -0.2) is 0 Å². The van der Waals surface area contributed by atoms with Gasteiger partial charge in [0.05, 0.1) is 6.61 Å². The first-order valence-corrected chi connectivity index (χ1v) is 22.7. The van der Waals surface area contributed by atoms with Gasteiger partial charge >= 0.3 is 11.9 Å². The first-order chi connectivity index (χ1) is 26.4. The number of unbranched alkanes of at least 4 members (excludes halogenated alkanes) is 19. The topological polar surface area (TPSA) is 114 Å². The van der Waals surface area contributed by atoms with E-state index in [9.17, 15) is 19.2 Å². The van der Waals surface area contributed by atoms with Crippen molar-refractivity contribution in [2.45, 2.75) is 213 Å². The molecule has 0 bridgehead atoms. The fourth-order valence-electron chi connectivity index (χ4n) is 7.13. The zero-order valence-corrected chi connectivity index (χ0v) is 35.5. The first kappa shape index (κ1) is 49.6. The standard InChI is InChI=1S/C45H83N3O6/c1-5-8-11-13-19-23-30-39(31-24-20-14-12-9-6-2)54-41(50)33-26-28-36-48(37-29-34-47-43-42(46-4)44(51)45(43)52)35-27-22-18-16-15-17-21-25-32-40(49)53-38-10-7-3/h39,46-47H,5-38H2,1-4H3. The molecule has 0 spiro atoms. The van der Waals surface area contributed by atoms with Crippen LogP contribution in [0.3, 0.4) is 0 Å². The van der Waals surface area contributed by atoms with E-state index in [2.05, 4.69) is 36.3 Å². The fraction of sp³-hybridized carbons (Fsp3) is 0.867. The molecule has 1 aromatic rings. The van der Waals surface area contributed by atoms with Gasteiger partial charge in [0.25, 0.3) is 10.9 Å². The number of nitrogens with one attached hydrogen (secondary N) is 2. The second-order valence-corrected chi connectivity index (χ2v) is 15.6. The molecule has 0 radical (unpaired) electrons. The molecule has 0 amide bonds. The number of carbonyl (C=O) groups is 2. The summed E-state index contributed by atoms with van der Waals surface area (Å²) in [5.74, 6) is -0.0886. The molecule has 0 heterocycles. The summed E-state index contributed by atoms with van der Waals surface area (Å²) in [7, 11) is 1.66. The second-order valence-electron chi connectivity index (χ2n) is 15.6. The van der Waals surface area contributed by atoms with Crippen LogP contribution < -0.4 is 21.5 Å². The molecule has 1 aromatic carbocycles. The predicted molar refractivity (Wildman–Crippen MR) is 228 cm³/mol. The SMILES string of the molecule is CCCCCCCCC(CCCCCCCC)OC(=O)CCCCN(CCCCCCCCCCC(=O)OCCCC)CCCNc1c(NC)c(=O)c1=O. The average molecular weight is 762 g/mol. The Kier molecular flexibility index (Phi) is 32.2. The van der Waals surface area contributed by atoms with Gasteiger partial charge < -0.3 is 25.0 Å². The van der Waals surface area contributed by atoms with Crippen molar-refractivity contribution in [2.75, 3.05) is 50.5 Å². The Bertz CT molecular complexity index is 1100. The van der Waals surface area contributed by atoms with Crippen LogP contribution in [-0.2, 0) is 19.1 Å². The van der Waals surface area contributed by atoms with Crippen LogP contribution in [0, 0.1) is 0 Å². The van der Waals surface area contributed by atoms with Crippen LogP contribution in [0.2, 0.25) is 0 Å². The van der Waals surface area contributed by atoms with E-state index in [0.29, 0.717) is 37.4 Å². The van der Waals surface area contributed by atoms with Crippen LogP contribution in [0.1, 0.15) is 207 Å². The van der Waals surface area contributed by atoms with Crippen LogP contribution >= 0.6 is 0 Å². The van der Waals surface area contributed by atoms with E-state index >= 15 is 0 Å². The lowest BCUT2D eigenvalue weighted by Crippen LogP contribution is -2.37. The van der Waals surface area contributed by atoms with Crippen molar-refractivity contribution in [2.24, 2.45) is 0 Å². The summed E-state index contributed by atoms with van der Waals surface area (Å²) >= 11 is 0. The maximum absolute atomic E-state index is 13.0. The maximum atomic E-state index is 13.0. The number of nitrogens with zero attached hydrogens (tertiary/aromatic N) is 1. The Balaban J connectivity index is 2.45. The molecule has 54 heavy (non-hydrogen) atoms. The summed E-state index contributed by atoms with van der Waals surface area (Å²) < 4.78 is 11.3. The minimum absolute atomic E-state index is 0.0343. The van der Waals surface area contributed by atoms with Crippen molar-refractivity contribution in [1.29, 1.82) is 0 Å². The van der Waals surface area contributed by atoms with Gasteiger partial charge in [0, 0.05) is 26.4 Å². The molecular weight excluding hydrogens is 679 g/mol. The normalized spacial score (nSPS) is 11.5. The monoisotopic (exact) mass is 762 g/mol. The average Bonchev–Trinajstić information content (AvgIpc) is 3.17. The Morgan fingerprint density at radius 3 is 1.56 bits per heavy atom. The third-order valence-corrected chi connectivity index (χ3v) is 10.6. The fourth-order valence-corrected chi connectivity index (χ4v) is 7.13. The predicted octanol–water partition coefficient (Wildman–Crippen LogP) is 10.9. The van der Waals surface area contributed by atoms with Gasteiger partial charge in [-0.2, -0.15) is 0 Å². The highest BCUT2D eigenvalue weighted by molar-refractivity contribution is 5.73. The zero-order valence-electron chi connectivity index (χ0n) is 35.5. The Labute approximate surface area is 330 Å². The summed E-state index contributed by atoms with van der Waals surface area (Å²) in [4.78, 5) is 50.9. The number of anilines is 2. The van der Waals surface area contributed by atoms with Crippen molar-refractivity contribution in [3.05, 3.63) is 20.4 Å². The Hall–Kier alpha value is -2.42. The van der Waals surface area contributed by atoms with Crippen LogP contribution in [0.4, 0.5) is 11.4 Å². The van der Waals surface area contributed by atoms with Crippen molar-refractivity contribution >= 4 is 23.3 Å². The van der Waals surface area contributed by atoms with Crippen LogP contribution in [-0.4, -0.2) is 62.8 Å². The minimum atomic E-state index is -0.446. The quantitative estimate of drug-likeness (QED) is 0.0383. The molecule has 0 aliphatic heterocycles. The third kappa shape index (κ3) is 25.6. The molecule has 9 nitrogen and oxygen atoms in total. The van der Waals surface area contributed by atoms with Crippen molar-refractivity contribution < 1.29 is 19.1 Å². The molecule has 0 saturated heterocycles. The summed E-state index contributed by atoms with van der Waals surface area (Å²) in [5, 5.41) is 5.99. The van der Waals surface area contributed by atoms with Gasteiger partial charge in [-0.15, -0.1) is 0 Å². The number of hydrogen-bond donors (Lipinski definition) is 2. The van der Waals surface area contributed by atoms with E-state index in [1.807, 2.05) is 0 Å². The lowest BCUT2D eigenvalue weighted by atomic mass is 10.0. The van der Waals surface area contributed by atoms with Gasteiger partial charge in [0.1, 0.15) is 17.5 Å². The molecule has 1 rings (SSSR count). The maximum Gasteiger partial charge on any atom is 0.306 e. The van der Waals surface area contributed by atoms with E-state index in [0.717, 1.165) is 96.7 Å². The number of ether oxygens (including phenoxy) is 2.